The van der Waals surface area contributed by atoms with Crippen LogP contribution in [0.1, 0.15) is 18.4 Å². The van der Waals surface area contributed by atoms with Crippen LogP contribution in [0.4, 0.5) is 21.0 Å². The molecule has 0 spiro atoms. The molecule has 0 aliphatic carbocycles. The molecule has 1 aromatic heterocycles. The number of anilines is 2. The van der Waals surface area contributed by atoms with E-state index in [1.165, 1.54) is 13.5 Å². The SMILES string of the molecule is COc1cc(NC(=O)Nc2cccc(CNC(=O)OC(CC#N)CC#N)c2)ccc1-c1cnco1. The van der Waals surface area contributed by atoms with Gasteiger partial charge in [0.2, 0.25) is 0 Å². The third-order valence-electron chi connectivity index (χ3n) is 4.69. The molecular weight excluding hydrogens is 452 g/mol. The lowest BCUT2D eigenvalue weighted by molar-refractivity contribution is 0.101. The highest BCUT2D eigenvalue weighted by atomic mass is 16.6. The van der Waals surface area contributed by atoms with E-state index in [1.54, 1.807) is 48.7 Å². The fraction of sp³-hybridized carbons (Fsp3) is 0.208. The van der Waals surface area contributed by atoms with Gasteiger partial charge >= 0.3 is 12.1 Å². The summed E-state index contributed by atoms with van der Waals surface area (Å²) in [6.07, 6.45) is 1.23. The number of amides is 3. The Morgan fingerprint density at radius 3 is 2.49 bits per heavy atom. The zero-order chi connectivity index (χ0) is 25.0. The van der Waals surface area contributed by atoms with Gasteiger partial charge in [0.05, 0.1) is 43.9 Å². The summed E-state index contributed by atoms with van der Waals surface area (Å²) in [7, 11) is 1.52. The number of nitrogens with one attached hydrogen (secondary N) is 3. The molecule has 3 amide bonds. The van der Waals surface area contributed by atoms with Crippen LogP contribution in [0.3, 0.4) is 0 Å². The van der Waals surface area contributed by atoms with E-state index in [1.807, 2.05) is 12.1 Å². The van der Waals surface area contributed by atoms with Gasteiger partial charge in [0.1, 0.15) is 11.9 Å². The summed E-state index contributed by atoms with van der Waals surface area (Å²) in [4.78, 5) is 28.3. The summed E-state index contributed by atoms with van der Waals surface area (Å²) in [5.41, 5.74) is 2.41. The Hall–Kier alpha value is -5.03. The van der Waals surface area contributed by atoms with E-state index in [9.17, 15) is 9.59 Å². The van der Waals surface area contributed by atoms with Crippen molar-refractivity contribution in [3.05, 3.63) is 60.6 Å². The monoisotopic (exact) mass is 474 g/mol. The second-order valence-electron chi connectivity index (χ2n) is 7.17. The first-order valence-electron chi connectivity index (χ1n) is 10.4. The van der Waals surface area contributed by atoms with Crippen LogP contribution in [0, 0.1) is 22.7 Å². The molecule has 0 saturated heterocycles. The summed E-state index contributed by atoms with van der Waals surface area (Å²) >= 11 is 0. The Morgan fingerprint density at radius 2 is 1.83 bits per heavy atom. The predicted molar refractivity (Wildman–Crippen MR) is 125 cm³/mol. The lowest BCUT2D eigenvalue weighted by Gasteiger charge is -2.13. The van der Waals surface area contributed by atoms with Gasteiger partial charge in [-0.2, -0.15) is 10.5 Å². The summed E-state index contributed by atoms with van der Waals surface area (Å²) < 4.78 is 15.8. The molecule has 3 rings (SSSR count). The number of nitrogens with zero attached hydrogens (tertiary/aromatic N) is 3. The first kappa shape index (κ1) is 24.6. The van der Waals surface area contributed by atoms with Crippen LogP contribution >= 0.6 is 0 Å². The largest absolute Gasteiger partial charge is 0.496 e. The molecule has 0 saturated carbocycles. The van der Waals surface area contributed by atoms with Gasteiger partial charge in [0.25, 0.3) is 0 Å². The number of alkyl carbamates (subject to hydrolysis) is 1. The van der Waals surface area contributed by atoms with Gasteiger partial charge < -0.3 is 29.8 Å². The smallest absolute Gasteiger partial charge is 0.407 e. The number of benzene rings is 2. The second-order valence-corrected chi connectivity index (χ2v) is 7.17. The van der Waals surface area contributed by atoms with Crippen molar-refractivity contribution >= 4 is 23.5 Å². The number of ether oxygens (including phenoxy) is 2. The number of urea groups is 1. The van der Waals surface area contributed by atoms with Crippen molar-refractivity contribution in [2.24, 2.45) is 0 Å². The van der Waals surface area contributed by atoms with E-state index < -0.39 is 18.2 Å². The molecule has 35 heavy (non-hydrogen) atoms. The van der Waals surface area contributed by atoms with Gasteiger partial charge in [-0.3, -0.25) is 0 Å². The average molecular weight is 474 g/mol. The quantitative estimate of drug-likeness (QED) is 0.410. The van der Waals surface area contributed by atoms with Crippen LogP contribution < -0.4 is 20.7 Å². The Bertz CT molecular complexity index is 1230. The van der Waals surface area contributed by atoms with Crippen molar-refractivity contribution in [3.8, 4) is 29.2 Å². The molecule has 3 N–H and O–H groups in total. The third kappa shape index (κ3) is 7.23. The lowest BCUT2D eigenvalue weighted by Crippen LogP contribution is -2.28. The molecule has 3 aromatic rings. The maximum atomic E-state index is 12.5. The molecule has 1 heterocycles. The Morgan fingerprint density at radius 1 is 1.09 bits per heavy atom. The van der Waals surface area contributed by atoms with E-state index in [2.05, 4.69) is 20.9 Å². The average Bonchev–Trinajstić information content (AvgIpc) is 3.38. The Kier molecular flexibility index (Phi) is 8.63. The molecule has 0 bridgehead atoms. The topological polar surface area (TPSA) is 162 Å². The molecule has 178 valence electrons. The fourth-order valence-electron chi connectivity index (χ4n) is 3.10. The number of rotatable bonds is 9. The number of hydrogen-bond donors (Lipinski definition) is 3. The molecule has 11 heteroatoms. The molecule has 2 aromatic carbocycles. The summed E-state index contributed by atoms with van der Waals surface area (Å²) in [6.45, 7) is 0.127. The van der Waals surface area contributed by atoms with Crippen LogP contribution in [-0.2, 0) is 11.3 Å². The molecule has 11 nitrogen and oxygen atoms in total. The highest BCUT2D eigenvalue weighted by Gasteiger charge is 2.14. The maximum absolute atomic E-state index is 12.5. The van der Waals surface area contributed by atoms with Crippen molar-refractivity contribution in [1.82, 2.24) is 10.3 Å². The molecule has 0 atom stereocenters. The molecule has 0 aliphatic heterocycles. The zero-order valence-electron chi connectivity index (χ0n) is 18.8. The number of hydrogen-bond acceptors (Lipinski definition) is 8. The highest BCUT2D eigenvalue weighted by Crippen LogP contribution is 2.32. The summed E-state index contributed by atoms with van der Waals surface area (Å²) in [5.74, 6) is 1.05. The van der Waals surface area contributed by atoms with E-state index in [0.29, 0.717) is 34.0 Å². The van der Waals surface area contributed by atoms with Crippen LogP contribution in [0.5, 0.6) is 5.75 Å². The van der Waals surface area contributed by atoms with Crippen molar-refractivity contribution in [2.75, 3.05) is 17.7 Å². The summed E-state index contributed by atoms with van der Waals surface area (Å²) in [5, 5.41) is 25.5. The minimum absolute atomic E-state index is 0.0653. The fourth-order valence-corrected chi connectivity index (χ4v) is 3.10. The van der Waals surface area contributed by atoms with Gasteiger partial charge in [0, 0.05) is 24.0 Å². The Balaban J connectivity index is 1.56. The minimum Gasteiger partial charge on any atom is -0.496 e. The minimum atomic E-state index is -0.787. The highest BCUT2D eigenvalue weighted by molar-refractivity contribution is 6.00. The lowest BCUT2D eigenvalue weighted by atomic mass is 10.1. The van der Waals surface area contributed by atoms with E-state index in [4.69, 9.17) is 24.4 Å². The predicted octanol–water partition coefficient (Wildman–Crippen LogP) is 4.42. The molecular formula is C24H22N6O5. The van der Waals surface area contributed by atoms with Crippen molar-refractivity contribution in [3.63, 3.8) is 0 Å². The van der Waals surface area contributed by atoms with Gasteiger partial charge in [-0.05, 0) is 29.8 Å². The van der Waals surface area contributed by atoms with E-state index in [-0.39, 0.29) is 19.4 Å². The van der Waals surface area contributed by atoms with Gasteiger partial charge in [-0.25, -0.2) is 14.6 Å². The number of aromatic nitrogens is 1. The van der Waals surface area contributed by atoms with Gasteiger partial charge in [-0.15, -0.1) is 0 Å². The normalized spacial score (nSPS) is 10.1. The zero-order valence-corrected chi connectivity index (χ0v) is 18.8. The van der Waals surface area contributed by atoms with Crippen molar-refractivity contribution in [1.29, 1.82) is 10.5 Å². The third-order valence-corrected chi connectivity index (χ3v) is 4.69. The maximum Gasteiger partial charge on any atom is 0.407 e. The molecule has 0 radical (unpaired) electrons. The van der Waals surface area contributed by atoms with Crippen molar-refractivity contribution < 1.29 is 23.5 Å². The van der Waals surface area contributed by atoms with Gasteiger partial charge in [-0.1, -0.05) is 12.1 Å². The molecule has 0 unspecified atom stereocenters. The van der Waals surface area contributed by atoms with E-state index in [0.717, 1.165) is 0 Å². The second kappa shape index (κ2) is 12.3. The number of nitriles is 2. The first-order chi connectivity index (χ1) is 17.0. The van der Waals surface area contributed by atoms with Crippen LogP contribution in [0.25, 0.3) is 11.3 Å². The first-order valence-corrected chi connectivity index (χ1v) is 10.4. The van der Waals surface area contributed by atoms with Crippen LogP contribution in [0.2, 0.25) is 0 Å². The molecule has 0 fully saturated rings. The van der Waals surface area contributed by atoms with Gasteiger partial charge in [0.15, 0.2) is 12.2 Å². The van der Waals surface area contributed by atoms with Crippen molar-refractivity contribution in [2.45, 2.75) is 25.5 Å². The molecule has 0 aliphatic rings. The number of oxazole rings is 1. The van der Waals surface area contributed by atoms with Crippen LogP contribution in [0.15, 0.2) is 59.5 Å². The summed E-state index contributed by atoms with van der Waals surface area (Å²) in [6, 6.07) is 15.3. The Labute approximate surface area is 201 Å². The number of methoxy groups -OCH3 is 1. The standard InChI is InChI=1S/C24H22N6O5/c1-33-21-12-18(5-6-20(21)22-14-27-15-34-22)30-23(31)29-17-4-2-3-16(11-17)13-28-24(32)35-19(7-9-25)8-10-26/h2-6,11-12,14-15,19H,7-8,13H2,1H3,(H,28,32)(H2,29,30,31). The number of carbonyl (C=O) groups is 2. The van der Waals surface area contributed by atoms with Crippen LogP contribution in [-0.4, -0.2) is 30.3 Å². The van der Waals surface area contributed by atoms with E-state index >= 15 is 0 Å². The number of carbonyl (C=O) groups excluding carboxylic acids is 2.